The van der Waals surface area contributed by atoms with Gasteiger partial charge in [0.15, 0.2) is 17.5 Å². The average Bonchev–Trinajstić information content (AvgIpc) is 3.86. The van der Waals surface area contributed by atoms with Gasteiger partial charge in [-0.2, -0.15) is 0 Å². The van der Waals surface area contributed by atoms with E-state index in [4.69, 9.17) is 26.2 Å². The molecule has 0 saturated carbocycles. The molecule has 0 aliphatic carbocycles. The van der Waals surface area contributed by atoms with E-state index in [1.54, 1.807) is 0 Å². The van der Waals surface area contributed by atoms with Gasteiger partial charge in [-0.15, -0.1) is 11.3 Å². The maximum Gasteiger partial charge on any atom is 0.164 e. The first-order valence-corrected chi connectivity index (χ1v) is 18.4. The molecule has 11 rings (SSSR count). The van der Waals surface area contributed by atoms with Gasteiger partial charge in [0.25, 0.3) is 0 Å². The molecule has 0 aliphatic rings. The third-order valence-electron chi connectivity index (χ3n) is 10.0. The second-order valence-electron chi connectivity index (χ2n) is 13.2. The van der Waals surface area contributed by atoms with Crippen LogP contribution in [0.2, 0.25) is 0 Å². The van der Waals surface area contributed by atoms with Gasteiger partial charge in [0.1, 0.15) is 11.2 Å². The monoisotopic (exact) mass is 712 g/mol. The highest BCUT2D eigenvalue weighted by molar-refractivity contribution is 7.26. The van der Waals surface area contributed by atoms with Crippen LogP contribution in [-0.2, 0) is 0 Å². The Kier molecular flexibility index (Phi) is 5.92. The molecule has 5 heteroatoms. The molecule has 0 N–H and O–H groups in total. The lowest BCUT2D eigenvalue weighted by atomic mass is 9.95. The first-order valence-electron chi connectivity index (χ1n) is 20.1. The number of para-hydroxylation sites is 1. The van der Waals surface area contributed by atoms with Gasteiger partial charge in [-0.25, -0.2) is 15.0 Å². The fourth-order valence-electron chi connectivity index (χ4n) is 7.51. The number of hydrogen-bond acceptors (Lipinski definition) is 5. The zero-order chi connectivity index (χ0) is 39.9. The minimum Gasteiger partial charge on any atom is -0.456 e. The van der Waals surface area contributed by atoms with Gasteiger partial charge in [-0.05, 0) is 51.7 Å². The molecule has 0 saturated heterocycles. The third-order valence-corrected chi connectivity index (χ3v) is 11.3. The molecule has 3 aromatic heterocycles. The standard InChI is InChI=1S/C49H29N3OS/c1-3-12-30(13-4-1)36-18-10-21-41-42-22-11-20-40(46(42)54-45(36)41)37-19-9-16-32-28-33(24-26-35(32)37)48-50-47(31-14-5-2-6-15-31)51-49(52-48)34-25-27-39-38-17-7-8-23-43(38)53-44(39)29-34/h1-29H/i2D,5D,6D,14D,15D. The lowest BCUT2D eigenvalue weighted by Gasteiger charge is -2.11. The van der Waals surface area contributed by atoms with Crippen LogP contribution in [0.4, 0.5) is 0 Å². The van der Waals surface area contributed by atoms with Crippen LogP contribution in [0.1, 0.15) is 6.85 Å². The summed E-state index contributed by atoms with van der Waals surface area (Å²) in [5.41, 5.74) is 7.28. The number of thiophene rings is 1. The molecule has 252 valence electrons. The van der Waals surface area contributed by atoms with E-state index in [0.717, 1.165) is 38.3 Å². The Balaban J connectivity index is 1.08. The van der Waals surface area contributed by atoms with Gasteiger partial charge in [0.2, 0.25) is 0 Å². The Morgan fingerprint density at radius 1 is 0.407 bits per heavy atom. The molecule has 0 spiro atoms. The average molecular weight is 713 g/mol. The zero-order valence-electron chi connectivity index (χ0n) is 33.5. The summed E-state index contributed by atoms with van der Waals surface area (Å²) in [6, 6.07) is 47.3. The SMILES string of the molecule is [2H]c1c([2H])c([2H])c(-c2nc(-c3ccc4c(-c5cccc6c5sc5c(-c7ccccc7)cccc56)cccc4c3)nc(-c3ccc4c(c3)oc3ccccc34)n2)c([2H])c1[2H]. The Morgan fingerprint density at radius 3 is 1.80 bits per heavy atom. The van der Waals surface area contributed by atoms with Crippen LogP contribution in [0, 0.1) is 0 Å². The summed E-state index contributed by atoms with van der Waals surface area (Å²) in [5.74, 6) is 0.556. The van der Waals surface area contributed by atoms with Crippen molar-refractivity contribution < 1.29 is 11.3 Å². The molecule has 3 heterocycles. The molecule has 0 unspecified atom stereocenters. The first kappa shape index (κ1) is 25.9. The Labute approximate surface area is 321 Å². The van der Waals surface area contributed by atoms with Crippen molar-refractivity contribution in [3.05, 3.63) is 176 Å². The molecule has 8 aromatic carbocycles. The summed E-state index contributed by atoms with van der Waals surface area (Å²) >= 11 is 1.82. The predicted octanol–water partition coefficient (Wildman–Crippen LogP) is 13.6. The van der Waals surface area contributed by atoms with Crippen LogP contribution in [-0.4, -0.2) is 15.0 Å². The smallest absolute Gasteiger partial charge is 0.164 e. The summed E-state index contributed by atoms with van der Waals surface area (Å²) in [6.45, 7) is 0. The number of fused-ring (bicyclic) bond motifs is 7. The van der Waals surface area contributed by atoms with E-state index in [9.17, 15) is 0 Å². The molecule has 0 bridgehead atoms. The van der Waals surface area contributed by atoms with Gasteiger partial charge < -0.3 is 4.42 Å². The maximum absolute atomic E-state index is 8.77. The summed E-state index contributed by atoms with van der Waals surface area (Å²) in [6.07, 6.45) is 0. The highest BCUT2D eigenvalue weighted by Gasteiger charge is 2.18. The molecule has 0 atom stereocenters. The van der Waals surface area contributed by atoms with Crippen molar-refractivity contribution in [2.75, 3.05) is 0 Å². The topological polar surface area (TPSA) is 51.8 Å². The lowest BCUT2D eigenvalue weighted by molar-refractivity contribution is 0.669. The van der Waals surface area contributed by atoms with Crippen LogP contribution < -0.4 is 0 Å². The molecule has 4 nitrogen and oxygen atoms in total. The molecular weight excluding hydrogens is 679 g/mol. The number of benzene rings is 8. The Bertz CT molecular complexity index is 3500. The molecule has 54 heavy (non-hydrogen) atoms. The van der Waals surface area contributed by atoms with Crippen LogP contribution >= 0.6 is 11.3 Å². The van der Waals surface area contributed by atoms with Crippen molar-refractivity contribution in [3.63, 3.8) is 0 Å². The third kappa shape index (κ3) is 5.01. The van der Waals surface area contributed by atoms with E-state index in [0.29, 0.717) is 22.5 Å². The summed E-state index contributed by atoms with van der Waals surface area (Å²) < 4.78 is 51.2. The van der Waals surface area contributed by atoms with E-state index >= 15 is 0 Å². The van der Waals surface area contributed by atoms with Gasteiger partial charge in [-0.3, -0.25) is 0 Å². The highest BCUT2D eigenvalue weighted by Crippen LogP contribution is 2.45. The van der Waals surface area contributed by atoms with Gasteiger partial charge in [-0.1, -0.05) is 152 Å². The fourth-order valence-corrected chi connectivity index (χ4v) is 8.87. The Morgan fingerprint density at radius 2 is 1.00 bits per heavy atom. The fraction of sp³-hybridized carbons (Fsp3) is 0. The zero-order valence-corrected chi connectivity index (χ0v) is 29.3. The number of hydrogen-bond donors (Lipinski definition) is 0. The molecule has 0 fully saturated rings. The van der Waals surface area contributed by atoms with Crippen molar-refractivity contribution in [3.8, 4) is 56.4 Å². The van der Waals surface area contributed by atoms with E-state index in [1.807, 2.05) is 72.0 Å². The van der Waals surface area contributed by atoms with Crippen LogP contribution in [0.25, 0.3) is 109 Å². The molecular formula is C49H29N3OS. The Hall–Kier alpha value is -6.95. The molecule has 11 aromatic rings. The number of nitrogens with zero attached hydrogens (tertiary/aromatic N) is 3. The van der Waals surface area contributed by atoms with Crippen molar-refractivity contribution in [1.29, 1.82) is 0 Å². The molecule has 0 radical (unpaired) electrons. The number of rotatable bonds is 5. The van der Waals surface area contributed by atoms with E-state index in [1.165, 1.54) is 31.3 Å². The van der Waals surface area contributed by atoms with Crippen molar-refractivity contribution >= 4 is 64.2 Å². The van der Waals surface area contributed by atoms with Crippen LogP contribution in [0.15, 0.2) is 180 Å². The van der Waals surface area contributed by atoms with Crippen LogP contribution in [0.5, 0.6) is 0 Å². The lowest BCUT2D eigenvalue weighted by Crippen LogP contribution is -2.00. The highest BCUT2D eigenvalue weighted by atomic mass is 32.1. The maximum atomic E-state index is 8.77. The molecule has 0 amide bonds. The quantitative estimate of drug-likeness (QED) is 0.178. The van der Waals surface area contributed by atoms with Gasteiger partial charge in [0, 0.05) is 53.2 Å². The minimum absolute atomic E-state index is 0.0214. The molecule has 0 aliphatic heterocycles. The summed E-state index contributed by atoms with van der Waals surface area (Å²) in [7, 11) is 0. The van der Waals surface area contributed by atoms with E-state index in [-0.39, 0.29) is 29.3 Å². The summed E-state index contributed by atoms with van der Waals surface area (Å²) in [5, 5.41) is 6.40. The van der Waals surface area contributed by atoms with E-state index < -0.39 is 18.1 Å². The van der Waals surface area contributed by atoms with Crippen molar-refractivity contribution in [1.82, 2.24) is 15.0 Å². The predicted molar refractivity (Wildman–Crippen MR) is 225 cm³/mol. The summed E-state index contributed by atoms with van der Waals surface area (Å²) in [4.78, 5) is 14.5. The van der Waals surface area contributed by atoms with Gasteiger partial charge in [0.05, 0.1) is 6.85 Å². The second kappa shape index (κ2) is 12.3. The minimum atomic E-state index is -0.484. The van der Waals surface area contributed by atoms with Crippen molar-refractivity contribution in [2.24, 2.45) is 0 Å². The van der Waals surface area contributed by atoms with Crippen LogP contribution in [0.3, 0.4) is 0 Å². The first-order chi connectivity index (χ1) is 28.8. The van der Waals surface area contributed by atoms with Crippen molar-refractivity contribution in [2.45, 2.75) is 0 Å². The number of furan rings is 1. The van der Waals surface area contributed by atoms with Gasteiger partial charge >= 0.3 is 0 Å². The van der Waals surface area contributed by atoms with E-state index in [2.05, 4.69) is 84.9 Å². The largest absolute Gasteiger partial charge is 0.456 e. The normalized spacial score (nSPS) is 13.0. The number of aromatic nitrogens is 3. The second-order valence-corrected chi connectivity index (χ2v) is 14.2.